The van der Waals surface area contributed by atoms with E-state index in [0.29, 0.717) is 19.0 Å². The Bertz CT molecular complexity index is 505. The minimum Gasteiger partial charge on any atom is -0.271 e. The van der Waals surface area contributed by atoms with Gasteiger partial charge in [-0.3, -0.25) is 4.68 Å². The molecular formula is C12H22ClN3O2S. The van der Waals surface area contributed by atoms with Crippen LogP contribution >= 0.6 is 11.6 Å². The maximum absolute atomic E-state index is 12.3. The Balaban J connectivity index is 2.85. The van der Waals surface area contributed by atoms with Gasteiger partial charge in [-0.15, -0.1) is 11.6 Å². The van der Waals surface area contributed by atoms with E-state index in [9.17, 15) is 8.42 Å². The zero-order chi connectivity index (χ0) is 14.7. The van der Waals surface area contributed by atoms with Gasteiger partial charge in [0.05, 0.1) is 6.20 Å². The van der Waals surface area contributed by atoms with Crippen molar-refractivity contribution in [1.82, 2.24) is 14.1 Å². The van der Waals surface area contributed by atoms with Crippen molar-refractivity contribution < 1.29 is 8.42 Å². The third-order valence-electron chi connectivity index (χ3n) is 2.54. The maximum Gasteiger partial charge on any atom is 0.245 e. The van der Waals surface area contributed by atoms with Gasteiger partial charge >= 0.3 is 0 Å². The van der Waals surface area contributed by atoms with Crippen molar-refractivity contribution >= 4 is 21.6 Å². The van der Waals surface area contributed by atoms with Crippen molar-refractivity contribution in [2.24, 2.45) is 5.41 Å². The molecule has 0 unspecified atom stereocenters. The third kappa shape index (κ3) is 4.78. The molecule has 5 nitrogen and oxygen atoms in total. The Labute approximate surface area is 120 Å². The minimum absolute atomic E-state index is 0.0869. The summed E-state index contributed by atoms with van der Waals surface area (Å²) in [7, 11) is -1.87. The molecule has 0 fully saturated rings. The standard InChI is InChI=1S/C12H22ClN3O2S/c1-12(2,3)10-15(4)19(17,18)11-8-14-16(9-11)7-5-6-13/h8-9H,5-7,10H2,1-4H3. The highest BCUT2D eigenvalue weighted by atomic mass is 35.5. The highest BCUT2D eigenvalue weighted by molar-refractivity contribution is 7.89. The predicted molar refractivity (Wildman–Crippen MR) is 76.8 cm³/mol. The molecule has 19 heavy (non-hydrogen) atoms. The van der Waals surface area contributed by atoms with E-state index in [2.05, 4.69) is 5.10 Å². The predicted octanol–water partition coefficient (Wildman–Crippen LogP) is 2.18. The van der Waals surface area contributed by atoms with Gasteiger partial charge in [0.1, 0.15) is 4.90 Å². The van der Waals surface area contributed by atoms with Gasteiger partial charge in [0.2, 0.25) is 10.0 Å². The van der Waals surface area contributed by atoms with Gasteiger partial charge < -0.3 is 0 Å². The van der Waals surface area contributed by atoms with E-state index in [-0.39, 0.29) is 10.3 Å². The van der Waals surface area contributed by atoms with E-state index in [0.717, 1.165) is 6.42 Å². The first-order chi connectivity index (χ1) is 8.66. The average molecular weight is 308 g/mol. The van der Waals surface area contributed by atoms with Crippen LogP contribution in [0, 0.1) is 5.41 Å². The van der Waals surface area contributed by atoms with E-state index < -0.39 is 10.0 Å². The van der Waals surface area contributed by atoms with Crippen molar-refractivity contribution in [2.75, 3.05) is 19.5 Å². The molecule has 0 aliphatic carbocycles. The van der Waals surface area contributed by atoms with Crippen molar-refractivity contribution in [2.45, 2.75) is 38.6 Å². The number of aromatic nitrogens is 2. The van der Waals surface area contributed by atoms with Crippen LogP contribution in [0.5, 0.6) is 0 Å². The highest BCUT2D eigenvalue weighted by Crippen LogP contribution is 2.20. The molecule has 0 aliphatic rings. The summed E-state index contributed by atoms with van der Waals surface area (Å²) in [6, 6.07) is 0. The summed E-state index contributed by atoms with van der Waals surface area (Å²) >= 11 is 5.60. The van der Waals surface area contributed by atoms with E-state index in [4.69, 9.17) is 11.6 Å². The SMILES string of the molecule is CN(CC(C)(C)C)S(=O)(=O)c1cnn(CCCCl)c1. The second kappa shape index (κ2) is 6.24. The normalized spacial score (nSPS) is 13.2. The number of alkyl halides is 1. The molecule has 0 aromatic carbocycles. The molecule has 0 atom stereocenters. The summed E-state index contributed by atoms with van der Waals surface area (Å²) in [4.78, 5) is 0.230. The number of halogens is 1. The summed E-state index contributed by atoms with van der Waals surface area (Å²) in [5, 5.41) is 4.05. The summed E-state index contributed by atoms with van der Waals surface area (Å²) in [6.07, 6.45) is 3.71. The number of sulfonamides is 1. The Morgan fingerprint density at radius 1 is 1.42 bits per heavy atom. The molecule has 0 bridgehead atoms. The topological polar surface area (TPSA) is 55.2 Å². The monoisotopic (exact) mass is 307 g/mol. The Kier molecular flexibility index (Phi) is 5.41. The van der Waals surface area contributed by atoms with Crippen LogP contribution in [0.1, 0.15) is 27.2 Å². The summed E-state index contributed by atoms with van der Waals surface area (Å²) < 4.78 is 27.7. The number of aryl methyl sites for hydroxylation is 1. The minimum atomic E-state index is -3.46. The van der Waals surface area contributed by atoms with Crippen LogP contribution in [0.2, 0.25) is 0 Å². The molecule has 110 valence electrons. The Morgan fingerprint density at radius 3 is 2.58 bits per heavy atom. The first-order valence-electron chi connectivity index (χ1n) is 6.21. The first kappa shape index (κ1) is 16.5. The van der Waals surface area contributed by atoms with Crippen molar-refractivity contribution in [3.63, 3.8) is 0 Å². The zero-order valence-corrected chi connectivity index (χ0v) is 13.5. The van der Waals surface area contributed by atoms with Crippen LogP contribution in [-0.2, 0) is 16.6 Å². The van der Waals surface area contributed by atoms with Gasteiger partial charge in [0.25, 0.3) is 0 Å². The second-order valence-electron chi connectivity index (χ2n) is 5.80. The van der Waals surface area contributed by atoms with Crippen LogP contribution in [0.3, 0.4) is 0 Å². The maximum atomic E-state index is 12.3. The highest BCUT2D eigenvalue weighted by Gasteiger charge is 2.26. The second-order valence-corrected chi connectivity index (χ2v) is 8.23. The molecule has 0 spiro atoms. The molecule has 1 rings (SSSR count). The summed E-state index contributed by atoms with van der Waals surface area (Å²) in [6.45, 7) is 7.10. The molecule has 0 N–H and O–H groups in total. The zero-order valence-electron chi connectivity index (χ0n) is 11.9. The van der Waals surface area contributed by atoms with Gasteiger partial charge in [-0.2, -0.15) is 5.10 Å². The fourth-order valence-electron chi connectivity index (χ4n) is 1.75. The molecule has 1 aromatic heterocycles. The fraction of sp³-hybridized carbons (Fsp3) is 0.750. The van der Waals surface area contributed by atoms with E-state index in [1.807, 2.05) is 20.8 Å². The van der Waals surface area contributed by atoms with Gasteiger partial charge in [-0.25, -0.2) is 12.7 Å². The molecular weight excluding hydrogens is 286 g/mol. The van der Waals surface area contributed by atoms with E-state index in [1.54, 1.807) is 17.9 Å². The van der Waals surface area contributed by atoms with Crippen LogP contribution in [0.25, 0.3) is 0 Å². The lowest BCUT2D eigenvalue weighted by Gasteiger charge is -2.25. The lowest BCUT2D eigenvalue weighted by Crippen LogP contribution is -2.34. The molecule has 0 aliphatic heterocycles. The largest absolute Gasteiger partial charge is 0.271 e. The molecule has 7 heteroatoms. The van der Waals surface area contributed by atoms with Crippen molar-refractivity contribution in [3.05, 3.63) is 12.4 Å². The van der Waals surface area contributed by atoms with E-state index in [1.165, 1.54) is 10.5 Å². The molecule has 1 heterocycles. The van der Waals surface area contributed by atoms with Gasteiger partial charge in [0, 0.05) is 32.2 Å². The van der Waals surface area contributed by atoms with Crippen LogP contribution in [-0.4, -0.2) is 42.0 Å². The Hall–Kier alpha value is -0.590. The number of hydrogen-bond donors (Lipinski definition) is 0. The van der Waals surface area contributed by atoms with Crippen LogP contribution in [0.15, 0.2) is 17.3 Å². The van der Waals surface area contributed by atoms with Gasteiger partial charge in [-0.1, -0.05) is 20.8 Å². The smallest absolute Gasteiger partial charge is 0.245 e. The molecule has 0 radical (unpaired) electrons. The lowest BCUT2D eigenvalue weighted by molar-refractivity contribution is 0.311. The number of nitrogens with zero attached hydrogens (tertiary/aromatic N) is 3. The number of hydrogen-bond acceptors (Lipinski definition) is 3. The first-order valence-corrected chi connectivity index (χ1v) is 8.19. The molecule has 0 saturated carbocycles. The van der Waals surface area contributed by atoms with E-state index >= 15 is 0 Å². The van der Waals surface area contributed by atoms with Crippen LogP contribution < -0.4 is 0 Å². The van der Waals surface area contributed by atoms with Crippen molar-refractivity contribution in [1.29, 1.82) is 0 Å². The Morgan fingerprint density at radius 2 is 2.05 bits per heavy atom. The summed E-state index contributed by atoms with van der Waals surface area (Å²) in [5.41, 5.74) is -0.0869. The summed E-state index contributed by atoms with van der Waals surface area (Å²) in [5.74, 6) is 0.534. The molecule has 0 saturated heterocycles. The fourth-order valence-corrected chi connectivity index (χ4v) is 3.23. The van der Waals surface area contributed by atoms with Gasteiger partial charge in [0.15, 0.2) is 0 Å². The number of rotatable bonds is 6. The van der Waals surface area contributed by atoms with Crippen molar-refractivity contribution in [3.8, 4) is 0 Å². The molecule has 0 amide bonds. The lowest BCUT2D eigenvalue weighted by atomic mass is 9.97. The van der Waals surface area contributed by atoms with Gasteiger partial charge in [-0.05, 0) is 11.8 Å². The quantitative estimate of drug-likeness (QED) is 0.757. The van der Waals surface area contributed by atoms with Crippen LogP contribution in [0.4, 0.5) is 0 Å². The third-order valence-corrected chi connectivity index (χ3v) is 4.56. The average Bonchev–Trinajstić information content (AvgIpc) is 2.73. The molecule has 1 aromatic rings.